The minimum Gasteiger partial charge on any atom is -0.350 e. The Hall–Kier alpha value is -1.25. The molecule has 0 aliphatic carbocycles. The Balaban J connectivity index is 2.57. The van der Waals surface area contributed by atoms with Crippen molar-refractivity contribution in [2.75, 3.05) is 6.54 Å². The highest BCUT2D eigenvalue weighted by atomic mass is 32.1. The first-order valence-electron chi connectivity index (χ1n) is 4.78. The fourth-order valence-electron chi connectivity index (χ4n) is 1.05. The number of thiazole rings is 1. The van der Waals surface area contributed by atoms with Crippen molar-refractivity contribution < 1.29 is 26.7 Å². The van der Waals surface area contributed by atoms with E-state index in [4.69, 9.17) is 0 Å². The molecule has 0 saturated carbocycles. The van der Waals surface area contributed by atoms with Crippen LogP contribution in [0.5, 0.6) is 0 Å². The number of halogens is 5. The molecule has 0 aliphatic rings. The van der Waals surface area contributed by atoms with Gasteiger partial charge in [-0.15, -0.1) is 11.3 Å². The molecule has 1 rings (SSSR count). The van der Waals surface area contributed by atoms with Crippen LogP contribution in [0.4, 0.5) is 22.0 Å². The average Bonchev–Trinajstić information content (AvgIpc) is 2.76. The van der Waals surface area contributed by atoms with E-state index >= 15 is 0 Å². The van der Waals surface area contributed by atoms with Gasteiger partial charge in [0, 0.05) is 24.0 Å². The van der Waals surface area contributed by atoms with E-state index in [1.54, 1.807) is 17.6 Å². The maximum atomic E-state index is 12.6. The van der Waals surface area contributed by atoms with Crippen molar-refractivity contribution in [3.63, 3.8) is 0 Å². The lowest BCUT2D eigenvalue weighted by Crippen LogP contribution is -2.51. The molecular formula is C9H9F5N2OS. The van der Waals surface area contributed by atoms with Crippen LogP contribution in [-0.2, 0) is 4.79 Å². The molecule has 0 spiro atoms. The summed E-state index contributed by atoms with van der Waals surface area (Å²) in [6, 6.07) is 0. The Kier molecular flexibility index (Phi) is 4.25. The molecule has 1 aromatic heterocycles. The molecular weight excluding hydrogens is 279 g/mol. The van der Waals surface area contributed by atoms with Crippen LogP contribution in [0.1, 0.15) is 17.8 Å². The summed E-state index contributed by atoms with van der Waals surface area (Å²) in [6.07, 6.45) is -4.41. The van der Waals surface area contributed by atoms with Crippen LogP contribution in [0.3, 0.4) is 0 Å². The SMILES string of the molecule is CC(CNC(=O)C(F)(F)C(F)(F)F)c1nccs1. The van der Waals surface area contributed by atoms with E-state index in [0.29, 0.717) is 5.01 Å². The first-order valence-corrected chi connectivity index (χ1v) is 5.66. The second-order valence-electron chi connectivity index (χ2n) is 3.55. The smallest absolute Gasteiger partial charge is 0.350 e. The van der Waals surface area contributed by atoms with E-state index in [-0.39, 0.29) is 6.54 Å². The van der Waals surface area contributed by atoms with Crippen LogP contribution in [0, 0.1) is 0 Å². The number of carbonyl (C=O) groups is 1. The lowest BCUT2D eigenvalue weighted by atomic mass is 10.2. The van der Waals surface area contributed by atoms with Crippen molar-refractivity contribution in [3.05, 3.63) is 16.6 Å². The zero-order valence-electron chi connectivity index (χ0n) is 9.09. The van der Waals surface area contributed by atoms with Crippen molar-refractivity contribution in [2.45, 2.75) is 24.9 Å². The van der Waals surface area contributed by atoms with Gasteiger partial charge in [0.05, 0.1) is 5.01 Å². The topological polar surface area (TPSA) is 42.0 Å². The number of aromatic nitrogens is 1. The van der Waals surface area contributed by atoms with Gasteiger partial charge in [-0.2, -0.15) is 22.0 Å². The number of nitrogens with one attached hydrogen (secondary N) is 1. The lowest BCUT2D eigenvalue weighted by molar-refractivity contribution is -0.269. The maximum Gasteiger partial charge on any atom is 0.463 e. The van der Waals surface area contributed by atoms with Gasteiger partial charge in [0.2, 0.25) is 0 Å². The Morgan fingerprint density at radius 1 is 1.44 bits per heavy atom. The Labute approximate surface area is 103 Å². The van der Waals surface area contributed by atoms with Gasteiger partial charge >= 0.3 is 12.1 Å². The van der Waals surface area contributed by atoms with Crippen LogP contribution in [0.15, 0.2) is 11.6 Å². The molecule has 0 saturated heterocycles. The summed E-state index contributed by atoms with van der Waals surface area (Å²) in [6.45, 7) is 1.23. The summed E-state index contributed by atoms with van der Waals surface area (Å²) in [5, 5.41) is 3.76. The molecule has 0 aliphatic heterocycles. The molecule has 1 aromatic rings. The van der Waals surface area contributed by atoms with Crippen molar-refractivity contribution in [1.29, 1.82) is 0 Å². The largest absolute Gasteiger partial charge is 0.463 e. The third-order valence-corrected chi connectivity index (χ3v) is 3.09. The number of carbonyl (C=O) groups excluding carboxylic acids is 1. The van der Waals surface area contributed by atoms with Gasteiger partial charge in [-0.05, 0) is 0 Å². The average molecular weight is 288 g/mol. The van der Waals surface area contributed by atoms with Crippen LogP contribution in [0.2, 0.25) is 0 Å². The van der Waals surface area contributed by atoms with Gasteiger partial charge in [-0.3, -0.25) is 4.79 Å². The van der Waals surface area contributed by atoms with Crippen LogP contribution in [-0.4, -0.2) is 29.5 Å². The second kappa shape index (κ2) is 5.17. The van der Waals surface area contributed by atoms with Gasteiger partial charge in [0.15, 0.2) is 0 Å². The van der Waals surface area contributed by atoms with Crippen LogP contribution in [0.25, 0.3) is 0 Å². The predicted octanol–water partition coefficient (Wildman–Crippen LogP) is 2.56. The third-order valence-electron chi connectivity index (χ3n) is 2.08. The summed E-state index contributed by atoms with van der Waals surface area (Å²) >= 11 is 1.22. The highest BCUT2D eigenvalue weighted by molar-refractivity contribution is 7.09. The molecule has 1 amide bonds. The number of hydrogen-bond donors (Lipinski definition) is 1. The summed E-state index contributed by atoms with van der Waals surface area (Å²) in [5.41, 5.74) is 0. The Morgan fingerprint density at radius 3 is 2.50 bits per heavy atom. The van der Waals surface area contributed by atoms with E-state index in [9.17, 15) is 26.7 Å². The lowest BCUT2D eigenvalue weighted by Gasteiger charge is -2.19. The van der Waals surface area contributed by atoms with Gasteiger partial charge in [0.1, 0.15) is 0 Å². The zero-order chi connectivity index (χ0) is 14.0. The quantitative estimate of drug-likeness (QED) is 0.865. The van der Waals surface area contributed by atoms with Gasteiger partial charge < -0.3 is 5.32 Å². The van der Waals surface area contributed by atoms with E-state index in [0.717, 1.165) is 0 Å². The van der Waals surface area contributed by atoms with Crippen LogP contribution < -0.4 is 5.32 Å². The van der Waals surface area contributed by atoms with E-state index < -0.39 is 23.9 Å². The summed E-state index contributed by atoms with van der Waals surface area (Å²) in [4.78, 5) is 14.6. The number of alkyl halides is 5. The first-order chi connectivity index (χ1) is 8.16. The van der Waals surface area contributed by atoms with Gasteiger partial charge in [0.25, 0.3) is 5.91 Å². The van der Waals surface area contributed by atoms with Gasteiger partial charge in [-0.1, -0.05) is 6.92 Å². The monoisotopic (exact) mass is 288 g/mol. The highest BCUT2D eigenvalue weighted by Crippen LogP contribution is 2.35. The van der Waals surface area contributed by atoms with E-state index in [1.807, 2.05) is 0 Å². The normalized spacial score (nSPS) is 14.3. The fourth-order valence-corrected chi connectivity index (χ4v) is 1.75. The summed E-state index contributed by atoms with van der Waals surface area (Å²) < 4.78 is 60.7. The molecule has 18 heavy (non-hydrogen) atoms. The number of amides is 1. The number of nitrogens with zero attached hydrogens (tertiary/aromatic N) is 1. The molecule has 0 radical (unpaired) electrons. The van der Waals surface area contributed by atoms with Crippen molar-refractivity contribution >= 4 is 17.2 Å². The zero-order valence-corrected chi connectivity index (χ0v) is 9.91. The van der Waals surface area contributed by atoms with E-state index in [2.05, 4.69) is 4.98 Å². The minimum absolute atomic E-state index is 0.335. The Bertz CT molecular complexity index is 404. The summed E-state index contributed by atoms with van der Waals surface area (Å²) in [7, 11) is 0. The highest BCUT2D eigenvalue weighted by Gasteiger charge is 2.63. The molecule has 1 unspecified atom stereocenters. The van der Waals surface area contributed by atoms with Gasteiger partial charge in [-0.25, -0.2) is 4.98 Å². The standard InChI is InChI=1S/C9H9F5N2OS/c1-5(6-15-2-3-18-6)4-16-7(17)8(10,11)9(12,13)14/h2-3,5H,4H2,1H3,(H,16,17). The molecule has 0 fully saturated rings. The summed E-state index contributed by atoms with van der Waals surface area (Å²) in [5.74, 6) is -8.16. The van der Waals surface area contributed by atoms with Crippen molar-refractivity contribution in [3.8, 4) is 0 Å². The first kappa shape index (κ1) is 14.8. The number of hydrogen-bond acceptors (Lipinski definition) is 3. The number of rotatable bonds is 4. The van der Waals surface area contributed by atoms with E-state index in [1.165, 1.54) is 17.5 Å². The predicted molar refractivity (Wildman–Crippen MR) is 54.5 cm³/mol. The van der Waals surface area contributed by atoms with Crippen molar-refractivity contribution in [1.82, 2.24) is 10.3 Å². The van der Waals surface area contributed by atoms with Crippen molar-refractivity contribution in [2.24, 2.45) is 0 Å². The second-order valence-corrected chi connectivity index (χ2v) is 4.48. The molecule has 1 atom stereocenters. The fraction of sp³-hybridized carbons (Fsp3) is 0.556. The van der Waals surface area contributed by atoms with Crippen LogP contribution >= 0.6 is 11.3 Å². The molecule has 102 valence electrons. The molecule has 0 bridgehead atoms. The molecule has 0 aromatic carbocycles. The molecule has 1 heterocycles. The molecule has 1 N–H and O–H groups in total. The maximum absolute atomic E-state index is 12.6. The molecule has 3 nitrogen and oxygen atoms in total. The Morgan fingerprint density at radius 2 is 2.06 bits per heavy atom. The third kappa shape index (κ3) is 3.15. The minimum atomic E-state index is -5.89. The molecule has 9 heteroatoms.